The van der Waals surface area contributed by atoms with Gasteiger partial charge in [0.1, 0.15) is 24.2 Å². The normalized spacial score (nSPS) is 23.1. The number of hydrogen-bond donors (Lipinski definition) is 9. The van der Waals surface area contributed by atoms with Gasteiger partial charge < -0.3 is 46.5 Å². The molecule has 1 aromatic rings. The highest BCUT2D eigenvalue weighted by atomic mass is 16.4. The van der Waals surface area contributed by atoms with Gasteiger partial charge in [0.25, 0.3) is 0 Å². The Bertz CT molecular complexity index is 1450. The van der Waals surface area contributed by atoms with Crippen LogP contribution in [0, 0.1) is 5.92 Å². The van der Waals surface area contributed by atoms with Gasteiger partial charge in [-0.25, -0.2) is 9.59 Å². The minimum Gasteiger partial charge on any atom is -0.548 e. The molecule has 7 amide bonds. The average Bonchev–Trinajstić information content (AvgIpc) is 3.05. The van der Waals surface area contributed by atoms with E-state index in [-0.39, 0.29) is 31.8 Å². The maximum absolute atomic E-state index is 14.1. The molecule has 10 N–H and O–H groups in total. The number of carbonyl (C=O) groups is 8. The summed E-state index contributed by atoms with van der Waals surface area (Å²) >= 11 is 0. The largest absolute Gasteiger partial charge is 0.548 e. The number of carboxylic acids is 2. The summed E-state index contributed by atoms with van der Waals surface area (Å²) in [4.78, 5) is 106. The third-order valence-electron chi connectivity index (χ3n) is 7.74. The molecule has 0 unspecified atom stereocenters. The van der Waals surface area contributed by atoms with Crippen molar-refractivity contribution in [2.75, 3.05) is 20.6 Å². The third kappa shape index (κ3) is 12.7. The number of hydrogen-bond acceptors (Lipinski definition) is 9. The van der Waals surface area contributed by atoms with E-state index >= 15 is 0 Å². The smallest absolute Gasteiger partial charge is 0.379 e. The lowest BCUT2D eigenvalue weighted by atomic mass is 10.00. The highest BCUT2D eigenvalue weighted by Crippen LogP contribution is 2.14. The molecular weight excluding hydrogens is 658 g/mol. The molecule has 1 aliphatic rings. The summed E-state index contributed by atoms with van der Waals surface area (Å²) in [6.07, 6.45) is -1.72. The van der Waals surface area contributed by atoms with Crippen molar-refractivity contribution < 1.29 is 53.6 Å². The summed E-state index contributed by atoms with van der Waals surface area (Å²) in [7, 11) is 2.68. The average molecular weight is 704 g/mol. The van der Waals surface area contributed by atoms with Crippen molar-refractivity contribution in [3.63, 3.8) is 0 Å². The van der Waals surface area contributed by atoms with Gasteiger partial charge in [-0.15, -0.1) is 0 Å². The predicted octanol–water partition coefficient (Wildman–Crippen LogP) is -5.62. The fourth-order valence-electron chi connectivity index (χ4n) is 4.97. The first kappa shape index (κ1) is 40.4. The molecule has 1 saturated heterocycles. The first-order chi connectivity index (χ1) is 23.5. The Kier molecular flexibility index (Phi) is 15.6. The maximum atomic E-state index is 14.1. The molecular formula is C31H45N9O10. The number of urea groups is 1. The van der Waals surface area contributed by atoms with Crippen LogP contribution in [0.3, 0.4) is 0 Å². The van der Waals surface area contributed by atoms with Crippen LogP contribution in [0.1, 0.15) is 45.1 Å². The van der Waals surface area contributed by atoms with E-state index in [0.717, 1.165) is 4.90 Å². The van der Waals surface area contributed by atoms with Gasteiger partial charge in [-0.2, -0.15) is 5.32 Å². The molecule has 0 spiro atoms. The first-order valence-corrected chi connectivity index (χ1v) is 15.8. The number of nitrogens with zero attached hydrogens (tertiary/aromatic N) is 1. The van der Waals surface area contributed by atoms with Gasteiger partial charge in [0.2, 0.25) is 29.5 Å². The van der Waals surface area contributed by atoms with Crippen molar-refractivity contribution in [3.05, 3.63) is 35.9 Å². The number of amides is 7. The Hall–Kier alpha value is -5.75. The van der Waals surface area contributed by atoms with Crippen LogP contribution in [0.2, 0.25) is 0 Å². The highest BCUT2D eigenvalue weighted by molar-refractivity contribution is 5.97. The molecule has 0 aliphatic carbocycles. The van der Waals surface area contributed by atoms with Crippen LogP contribution in [0.5, 0.6) is 0 Å². The van der Waals surface area contributed by atoms with E-state index in [0.29, 0.717) is 5.56 Å². The monoisotopic (exact) mass is 703 g/mol. The van der Waals surface area contributed by atoms with Crippen molar-refractivity contribution in [3.8, 4) is 0 Å². The number of nitrogens with two attached hydrogens (primary N) is 1. The van der Waals surface area contributed by atoms with Crippen molar-refractivity contribution in [2.24, 2.45) is 11.7 Å². The lowest BCUT2D eigenvalue weighted by Gasteiger charge is -2.33. The lowest BCUT2D eigenvalue weighted by molar-refractivity contribution is -0.460. The number of likely N-dealkylation sites (N-methyl/N-ethyl adjacent to an activating group) is 1. The van der Waals surface area contributed by atoms with E-state index in [1.807, 2.05) is 0 Å². The molecule has 1 fully saturated rings. The van der Waals surface area contributed by atoms with E-state index in [1.165, 1.54) is 14.1 Å². The molecule has 1 aliphatic heterocycles. The van der Waals surface area contributed by atoms with Gasteiger partial charge >= 0.3 is 18.0 Å². The Morgan fingerprint density at radius 2 is 1.60 bits per heavy atom. The molecule has 0 radical (unpaired) electrons. The molecule has 5 atom stereocenters. The van der Waals surface area contributed by atoms with Crippen LogP contribution in [-0.2, 0) is 40.0 Å². The van der Waals surface area contributed by atoms with E-state index in [2.05, 4.69) is 36.9 Å². The van der Waals surface area contributed by atoms with Gasteiger partial charge in [-0.3, -0.25) is 34.7 Å². The molecule has 1 heterocycles. The summed E-state index contributed by atoms with van der Waals surface area (Å²) in [5, 5.41) is 35.7. The highest BCUT2D eigenvalue weighted by Gasteiger charge is 2.36. The predicted molar refractivity (Wildman–Crippen MR) is 173 cm³/mol. The van der Waals surface area contributed by atoms with E-state index in [9.17, 15) is 48.6 Å². The SMILES string of the molecule is CNC(=O)NC(N)=[NH+]CCC[C@@H]1NC(=O)[C@@H](C(C)C)NC(=O)C[C@@H](C(=O)O)NC(=O)C[C@@H](C(=O)[O-])NC(=O)[C@H](Cc2ccccc2)N(C)C1=O. The summed E-state index contributed by atoms with van der Waals surface area (Å²) in [5.74, 6) is -8.67. The number of rotatable bonds is 9. The fourth-order valence-corrected chi connectivity index (χ4v) is 4.97. The van der Waals surface area contributed by atoms with Crippen LogP contribution in [0.25, 0.3) is 0 Å². The quantitative estimate of drug-likeness (QED) is 0.0664. The summed E-state index contributed by atoms with van der Waals surface area (Å²) in [6, 6.07) is 0.224. The van der Waals surface area contributed by atoms with Crippen LogP contribution >= 0.6 is 0 Å². The molecule has 50 heavy (non-hydrogen) atoms. The fraction of sp³-hybridized carbons (Fsp3) is 0.516. The zero-order chi connectivity index (χ0) is 37.5. The van der Waals surface area contributed by atoms with E-state index < -0.39 is 96.5 Å². The van der Waals surface area contributed by atoms with E-state index in [4.69, 9.17) is 5.73 Å². The summed E-state index contributed by atoms with van der Waals surface area (Å²) in [5.41, 5.74) is 6.35. The number of aliphatic carboxylic acids is 2. The second-order valence-corrected chi connectivity index (χ2v) is 11.9. The zero-order valence-corrected chi connectivity index (χ0v) is 28.2. The number of carbonyl (C=O) groups excluding carboxylic acids is 7. The van der Waals surface area contributed by atoms with Gasteiger partial charge in [-0.05, 0) is 24.3 Å². The Balaban J connectivity index is 2.58. The van der Waals surface area contributed by atoms with Gasteiger partial charge in [-0.1, -0.05) is 44.2 Å². The minimum atomic E-state index is -1.94. The zero-order valence-electron chi connectivity index (χ0n) is 28.2. The van der Waals surface area contributed by atoms with Crippen molar-refractivity contribution in [2.45, 2.75) is 76.2 Å². The van der Waals surface area contributed by atoms with Crippen LogP contribution in [0.15, 0.2) is 30.3 Å². The maximum Gasteiger partial charge on any atom is 0.379 e. The van der Waals surface area contributed by atoms with Crippen LogP contribution in [-0.4, -0.2) is 114 Å². The Morgan fingerprint density at radius 1 is 0.980 bits per heavy atom. The van der Waals surface area contributed by atoms with Crippen molar-refractivity contribution in [1.29, 1.82) is 0 Å². The topological polar surface area (TPSA) is 295 Å². The summed E-state index contributed by atoms with van der Waals surface area (Å²) in [6.45, 7) is 3.34. The van der Waals surface area contributed by atoms with Crippen LogP contribution < -0.4 is 47.7 Å². The second-order valence-electron chi connectivity index (χ2n) is 11.9. The molecule has 19 nitrogen and oxygen atoms in total. The number of carboxylic acid groups (broad SMARTS) is 2. The van der Waals surface area contributed by atoms with Crippen molar-refractivity contribution >= 4 is 53.5 Å². The number of guanidine groups is 1. The van der Waals surface area contributed by atoms with Crippen molar-refractivity contribution in [1.82, 2.24) is 36.8 Å². The molecule has 1 aromatic carbocycles. The molecule has 0 aromatic heterocycles. The second kappa shape index (κ2) is 19.3. The first-order valence-electron chi connectivity index (χ1n) is 15.8. The molecule has 2 rings (SSSR count). The van der Waals surface area contributed by atoms with Gasteiger partial charge in [0.05, 0.1) is 31.4 Å². The van der Waals surface area contributed by atoms with Crippen LogP contribution in [0.4, 0.5) is 4.79 Å². The minimum absolute atomic E-state index is 0.0330. The third-order valence-corrected chi connectivity index (χ3v) is 7.74. The Morgan fingerprint density at radius 3 is 2.18 bits per heavy atom. The van der Waals surface area contributed by atoms with Gasteiger partial charge in [0, 0.05) is 20.5 Å². The number of benzene rings is 1. The molecule has 0 bridgehead atoms. The standard InChI is InChI=1S/C31H45N9O10/c1-16(2)24-26(44)36-18(11-8-12-34-30(32)39-31(50)33-3)27(45)40(4)21(13-17-9-6-5-7-10-17)25(43)37-20(29(48)49)15-22(41)35-19(28(46)47)14-23(42)38-24/h5-7,9-10,16,18-21,24H,8,11-15H2,1-4H3,(H,35,41)(H,36,44)(H,37,43)(H,38,42)(H,46,47)(H,48,49)(H4,32,33,34,39,50)/t18-,19-,20-,21-,24+/m0/s1. The van der Waals surface area contributed by atoms with Gasteiger partial charge in [0.15, 0.2) is 0 Å². The molecule has 274 valence electrons. The summed E-state index contributed by atoms with van der Waals surface area (Å²) < 4.78 is 0. The number of nitrogens with one attached hydrogen (secondary N) is 7. The molecule has 19 heteroatoms. The Labute approximate surface area is 288 Å². The van der Waals surface area contributed by atoms with E-state index in [1.54, 1.807) is 44.2 Å². The molecule has 0 saturated carbocycles. The lowest BCUT2D eigenvalue weighted by Crippen LogP contribution is -2.79.